The lowest BCUT2D eigenvalue weighted by atomic mass is 9.70. The standard InChI is InChI=1S/C38H49N/c1-28-14-20-36(21-15-28)39(37-22-16-31(17-23-37)33-11-6-8-29(2)26-33)38-24-18-32(19-25-38)35-13-7-12-34(27-35)30-9-4-3-5-10-30/h3-5,9-10,14-15,18-21,24-25,29,31,33-35,37H,6-8,11-13,16-17,22-23,26-27H2,1-2H3. The highest BCUT2D eigenvalue weighted by molar-refractivity contribution is 5.65. The molecule has 3 aromatic carbocycles. The Morgan fingerprint density at radius 3 is 1.77 bits per heavy atom. The molecule has 39 heavy (non-hydrogen) atoms. The summed E-state index contributed by atoms with van der Waals surface area (Å²) < 4.78 is 0. The molecule has 0 radical (unpaired) electrons. The molecule has 3 aliphatic rings. The van der Waals surface area contributed by atoms with Crippen LogP contribution >= 0.6 is 0 Å². The predicted molar refractivity (Wildman–Crippen MR) is 167 cm³/mol. The van der Waals surface area contributed by atoms with Gasteiger partial charge in [-0.25, -0.2) is 0 Å². The quantitative estimate of drug-likeness (QED) is 0.313. The molecule has 4 atom stereocenters. The molecule has 3 fully saturated rings. The molecule has 3 aromatic rings. The summed E-state index contributed by atoms with van der Waals surface area (Å²) in [4.78, 5) is 2.69. The smallest absolute Gasteiger partial charge is 0.0413 e. The van der Waals surface area contributed by atoms with Crippen molar-refractivity contribution in [3.05, 3.63) is 95.6 Å². The lowest BCUT2D eigenvalue weighted by molar-refractivity contribution is 0.159. The molecule has 0 bridgehead atoms. The predicted octanol–water partition coefficient (Wildman–Crippen LogP) is 11.0. The SMILES string of the molecule is Cc1ccc(N(c2ccc(C3CCCC(c4ccccc4)C3)cc2)C2CCC(C3CCCC(C)C3)CC2)cc1. The maximum atomic E-state index is 2.69. The molecule has 0 heterocycles. The van der Waals surface area contributed by atoms with Gasteiger partial charge < -0.3 is 4.90 Å². The van der Waals surface area contributed by atoms with Gasteiger partial charge in [-0.15, -0.1) is 0 Å². The van der Waals surface area contributed by atoms with E-state index in [2.05, 4.69) is 97.6 Å². The third kappa shape index (κ3) is 6.29. The highest BCUT2D eigenvalue weighted by Gasteiger charge is 2.33. The van der Waals surface area contributed by atoms with Crippen molar-refractivity contribution < 1.29 is 0 Å². The third-order valence-corrected chi connectivity index (χ3v) is 10.7. The van der Waals surface area contributed by atoms with Crippen LogP contribution in [0.2, 0.25) is 0 Å². The normalized spacial score (nSPS) is 29.6. The number of rotatable bonds is 6. The molecule has 0 aromatic heterocycles. The van der Waals surface area contributed by atoms with E-state index in [9.17, 15) is 0 Å². The molecule has 1 heteroatoms. The first kappa shape index (κ1) is 26.7. The largest absolute Gasteiger partial charge is 0.338 e. The average Bonchev–Trinajstić information content (AvgIpc) is 2.99. The Morgan fingerprint density at radius 1 is 0.538 bits per heavy atom. The van der Waals surface area contributed by atoms with E-state index in [1.54, 1.807) is 5.56 Å². The van der Waals surface area contributed by atoms with Crippen LogP contribution in [0.5, 0.6) is 0 Å². The second-order valence-electron chi connectivity index (χ2n) is 13.4. The Bertz CT molecular complexity index is 1160. The van der Waals surface area contributed by atoms with E-state index >= 15 is 0 Å². The topological polar surface area (TPSA) is 3.24 Å². The molecule has 3 saturated carbocycles. The van der Waals surface area contributed by atoms with Crippen LogP contribution in [0.1, 0.15) is 112 Å². The number of aryl methyl sites for hydroxylation is 1. The van der Waals surface area contributed by atoms with E-state index in [1.165, 1.54) is 99.6 Å². The van der Waals surface area contributed by atoms with Gasteiger partial charge in [0.15, 0.2) is 0 Å². The van der Waals surface area contributed by atoms with E-state index < -0.39 is 0 Å². The molecule has 206 valence electrons. The molecule has 0 aliphatic heterocycles. The molecule has 1 nitrogen and oxygen atoms in total. The Morgan fingerprint density at radius 2 is 1.13 bits per heavy atom. The van der Waals surface area contributed by atoms with Crippen molar-refractivity contribution in [1.29, 1.82) is 0 Å². The van der Waals surface area contributed by atoms with Crippen LogP contribution < -0.4 is 4.90 Å². The summed E-state index contributed by atoms with van der Waals surface area (Å²) in [5.74, 6) is 4.26. The number of nitrogens with zero attached hydrogens (tertiary/aromatic N) is 1. The molecule has 0 amide bonds. The maximum absolute atomic E-state index is 2.69. The lowest BCUT2D eigenvalue weighted by Gasteiger charge is -2.42. The van der Waals surface area contributed by atoms with Gasteiger partial charge in [-0.3, -0.25) is 0 Å². The van der Waals surface area contributed by atoms with E-state index in [1.807, 2.05) is 0 Å². The van der Waals surface area contributed by atoms with Crippen molar-refractivity contribution >= 4 is 11.4 Å². The summed E-state index contributed by atoms with van der Waals surface area (Å²) in [6, 6.07) is 30.9. The molecular weight excluding hydrogens is 470 g/mol. The third-order valence-electron chi connectivity index (χ3n) is 10.7. The Balaban J connectivity index is 1.18. The van der Waals surface area contributed by atoms with Gasteiger partial charge in [0.25, 0.3) is 0 Å². The molecular formula is C38H49N. The van der Waals surface area contributed by atoms with Crippen molar-refractivity contribution in [2.75, 3.05) is 4.90 Å². The van der Waals surface area contributed by atoms with Gasteiger partial charge in [-0.1, -0.05) is 92.8 Å². The van der Waals surface area contributed by atoms with Gasteiger partial charge in [0.05, 0.1) is 0 Å². The monoisotopic (exact) mass is 519 g/mol. The van der Waals surface area contributed by atoms with E-state index in [4.69, 9.17) is 0 Å². The van der Waals surface area contributed by atoms with Crippen molar-refractivity contribution in [2.24, 2.45) is 17.8 Å². The first-order valence-electron chi connectivity index (χ1n) is 16.1. The highest BCUT2D eigenvalue weighted by Crippen LogP contribution is 2.44. The van der Waals surface area contributed by atoms with Gasteiger partial charge in [0, 0.05) is 17.4 Å². The Kier molecular flexibility index (Phi) is 8.43. The summed E-state index contributed by atoms with van der Waals surface area (Å²) >= 11 is 0. The van der Waals surface area contributed by atoms with Crippen molar-refractivity contribution in [3.63, 3.8) is 0 Å². The summed E-state index contributed by atoms with van der Waals surface area (Å²) in [5.41, 5.74) is 7.16. The van der Waals surface area contributed by atoms with Crippen LogP contribution in [-0.4, -0.2) is 6.04 Å². The molecule has 4 unspecified atom stereocenters. The minimum atomic E-state index is 0.605. The number of hydrogen-bond donors (Lipinski definition) is 0. The molecule has 0 N–H and O–H groups in total. The highest BCUT2D eigenvalue weighted by atomic mass is 15.2. The van der Waals surface area contributed by atoms with Crippen molar-refractivity contribution in [3.8, 4) is 0 Å². The van der Waals surface area contributed by atoms with Crippen LogP contribution in [0.25, 0.3) is 0 Å². The summed E-state index contributed by atoms with van der Waals surface area (Å²) in [5, 5.41) is 0. The van der Waals surface area contributed by atoms with E-state index in [0.717, 1.165) is 17.8 Å². The van der Waals surface area contributed by atoms with Crippen LogP contribution in [0.3, 0.4) is 0 Å². The number of anilines is 2. The number of hydrogen-bond acceptors (Lipinski definition) is 1. The van der Waals surface area contributed by atoms with E-state index in [-0.39, 0.29) is 0 Å². The van der Waals surface area contributed by atoms with Crippen LogP contribution in [0.4, 0.5) is 11.4 Å². The fraction of sp³-hybridized carbons (Fsp3) is 0.526. The van der Waals surface area contributed by atoms with Gasteiger partial charge >= 0.3 is 0 Å². The zero-order valence-electron chi connectivity index (χ0n) is 24.4. The Hall–Kier alpha value is -2.54. The van der Waals surface area contributed by atoms with Crippen LogP contribution in [0.15, 0.2) is 78.9 Å². The van der Waals surface area contributed by atoms with Crippen LogP contribution in [0, 0.1) is 24.7 Å². The Labute approximate surface area is 238 Å². The van der Waals surface area contributed by atoms with Gasteiger partial charge in [0.1, 0.15) is 0 Å². The van der Waals surface area contributed by atoms with Gasteiger partial charge in [0.2, 0.25) is 0 Å². The maximum Gasteiger partial charge on any atom is 0.0413 e. The number of benzene rings is 3. The fourth-order valence-corrected chi connectivity index (χ4v) is 8.44. The van der Waals surface area contributed by atoms with Gasteiger partial charge in [-0.05, 0) is 123 Å². The molecule has 0 saturated heterocycles. The first-order valence-corrected chi connectivity index (χ1v) is 16.1. The first-order chi connectivity index (χ1) is 19.1. The van der Waals surface area contributed by atoms with Crippen molar-refractivity contribution in [2.45, 2.75) is 109 Å². The summed E-state index contributed by atoms with van der Waals surface area (Å²) in [6.45, 7) is 4.68. The zero-order valence-corrected chi connectivity index (χ0v) is 24.4. The van der Waals surface area contributed by atoms with Crippen LogP contribution in [-0.2, 0) is 0 Å². The minimum Gasteiger partial charge on any atom is -0.338 e. The second kappa shape index (κ2) is 12.3. The minimum absolute atomic E-state index is 0.605. The average molecular weight is 520 g/mol. The summed E-state index contributed by atoms with van der Waals surface area (Å²) in [6.07, 6.45) is 16.6. The molecule has 0 spiro atoms. The zero-order chi connectivity index (χ0) is 26.6. The molecule has 6 rings (SSSR count). The summed E-state index contributed by atoms with van der Waals surface area (Å²) in [7, 11) is 0. The molecule has 3 aliphatic carbocycles. The lowest BCUT2D eigenvalue weighted by Crippen LogP contribution is -2.36. The fourth-order valence-electron chi connectivity index (χ4n) is 8.44. The van der Waals surface area contributed by atoms with Gasteiger partial charge in [-0.2, -0.15) is 0 Å². The second-order valence-corrected chi connectivity index (χ2v) is 13.4. The van der Waals surface area contributed by atoms with Crippen molar-refractivity contribution in [1.82, 2.24) is 0 Å². The van der Waals surface area contributed by atoms with E-state index in [0.29, 0.717) is 17.9 Å².